The van der Waals surface area contributed by atoms with E-state index in [-0.39, 0.29) is 23.8 Å². The van der Waals surface area contributed by atoms with Crippen molar-refractivity contribution in [2.24, 2.45) is 0 Å². The molecule has 112 valence electrons. The van der Waals surface area contributed by atoms with Crippen molar-refractivity contribution >= 4 is 5.91 Å². The first-order valence-electron chi connectivity index (χ1n) is 6.68. The maximum absolute atomic E-state index is 12.8. The lowest BCUT2D eigenvalue weighted by Gasteiger charge is -2.24. The Labute approximate surface area is 119 Å². The molecule has 2 unspecified atom stereocenters. The molecule has 2 atom stereocenters. The van der Waals surface area contributed by atoms with E-state index >= 15 is 0 Å². The second kappa shape index (κ2) is 6.81. The van der Waals surface area contributed by atoms with Gasteiger partial charge in [0.15, 0.2) is 0 Å². The van der Waals surface area contributed by atoms with E-state index in [1.807, 2.05) is 20.8 Å². The highest BCUT2D eigenvalue weighted by atomic mass is 19.1. The number of amides is 1. The SMILES string of the molecule is CC(NCC(O)c1ccc(F)cc1)C(=O)NC(C)(C)C. The fourth-order valence-corrected chi connectivity index (χ4v) is 1.66. The molecule has 0 spiro atoms. The molecule has 4 nitrogen and oxygen atoms in total. The number of aliphatic hydroxyl groups is 1. The number of hydrogen-bond acceptors (Lipinski definition) is 3. The summed E-state index contributed by atoms with van der Waals surface area (Å²) >= 11 is 0. The summed E-state index contributed by atoms with van der Waals surface area (Å²) in [5.74, 6) is -0.462. The highest BCUT2D eigenvalue weighted by Crippen LogP contribution is 2.12. The van der Waals surface area contributed by atoms with Crippen molar-refractivity contribution in [3.05, 3.63) is 35.6 Å². The number of carbonyl (C=O) groups excluding carboxylic acids is 1. The molecule has 3 N–H and O–H groups in total. The molecule has 0 aliphatic carbocycles. The van der Waals surface area contributed by atoms with Crippen LogP contribution < -0.4 is 10.6 Å². The first kappa shape index (κ1) is 16.6. The summed E-state index contributed by atoms with van der Waals surface area (Å²) in [7, 11) is 0. The first-order valence-corrected chi connectivity index (χ1v) is 6.68. The standard InChI is InChI=1S/C15H23FN2O2/c1-10(14(20)18-15(2,3)4)17-9-13(19)11-5-7-12(16)8-6-11/h5-8,10,13,17,19H,9H2,1-4H3,(H,18,20). The van der Waals surface area contributed by atoms with Crippen molar-refractivity contribution in [2.45, 2.75) is 45.4 Å². The summed E-state index contributed by atoms with van der Waals surface area (Å²) in [6.45, 7) is 7.68. The second-order valence-electron chi connectivity index (χ2n) is 5.94. The van der Waals surface area contributed by atoms with E-state index in [1.54, 1.807) is 6.92 Å². The lowest BCUT2D eigenvalue weighted by molar-refractivity contribution is -0.124. The van der Waals surface area contributed by atoms with Gasteiger partial charge in [0.2, 0.25) is 5.91 Å². The van der Waals surface area contributed by atoms with E-state index in [4.69, 9.17) is 0 Å². The molecule has 0 radical (unpaired) electrons. The molecular formula is C15H23FN2O2. The maximum atomic E-state index is 12.8. The third kappa shape index (κ3) is 5.67. The number of benzene rings is 1. The third-order valence-corrected chi connectivity index (χ3v) is 2.76. The maximum Gasteiger partial charge on any atom is 0.237 e. The van der Waals surface area contributed by atoms with Gasteiger partial charge in [0, 0.05) is 12.1 Å². The Morgan fingerprint density at radius 1 is 1.30 bits per heavy atom. The molecule has 0 saturated carbocycles. The minimum atomic E-state index is -0.777. The van der Waals surface area contributed by atoms with Gasteiger partial charge in [0.25, 0.3) is 0 Å². The van der Waals surface area contributed by atoms with Gasteiger partial charge in [0.05, 0.1) is 12.1 Å². The van der Waals surface area contributed by atoms with Gasteiger partial charge in [-0.15, -0.1) is 0 Å². The van der Waals surface area contributed by atoms with Crippen LogP contribution in [0.1, 0.15) is 39.4 Å². The number of hydrogen-bond donors (Lipinski definition) is 3. The largest absolute Gasteiger partial charge is 0.387 e. The van der Waals surface area contributed by atoms with Crippen molar-refractivity contribution in [2.75, 3.05) is 6.54 Å². The fraction of sp³-hybridized carbons (Fsp3) is 0.533. The second-order valence-corrected chi connectivity index (χ2v) is 5.94. The molecule has 0 fully saturated rings. The number of rotatable bonds is 5. The van der Waals surface area contributed by atoms with E-state index < -0.39 is 12.1 Å². The van der Waals surface area contributed by atoms with Crippen LogP contribution >= 0.6 is 0 Å². The quantitative estimate of drug-likeness (QED) is 0.771. The summed E-state index contributed by atoms with van der Waals surface area (Å²) in [5, 5.41) is 15.8. The normalized spacial score (nSPS) is 14.7. The van der Waals surface area contributed by atoms with Crippen molar-refractivity contribution in [3.63, 3.8) is 0 Å². The molecular weight excluding hydrogens is 259 g/mol. The predicted molar refractivity (Wildman–Crippen MR) is 76.7 cm³/mol. The minimum Gasteiger partial charge on any atom is -0.387 e. The summed E-state index contributed by atoms with van der Waals surface area (Å²) in [6.07, 6.45) is -0.777. The third-order valence-electron chi connectivity index (χ3n) is 2.76. The van der Waals surface area contributed by atoms with Crippen LogP contribution in [0.15, 0.2) is 24.3 Å². The van der Waals surface area contributed by atoms with E-state index in [1.165, 1.54) is 24.3 Å². The van der Waals surface area contributed by atoms with Gasteiger partial charge in [-0.2, -0.15) is 0 Å². The number of aliphatic hydroxyl groups excluding tert-OH is 1. The highest BCUT2D eigenvalue weighted by molar-refractivity contribution is 5.81. The van der Waals surface area contributed by atoms with E-state index in [0.29, 0.717) is 5.56 Å². The number of halogens is 1. The molecule has 0 aliphatic rings. The zero-order valence-corrected chi connectivity index (χ0v) is 12.4. The van der Waals surface area contributed by atoms with Crippen molar-refractivity contribution < 1.29 is 14.3 Å². The van der Waals surface area contributed by atoms with E-state index in [0.717, 1.165) is 0 Å². The van der Waals surface area contributed by atoms with Gasteiger partial charge < -0.3 is 15.7 Å². The van der Waals surface area contributed by atoms with Crippen LogP contribution in [-0.4, -0.2) is 29.1 Å². The topological polar surface area (TPSA) is 61.4 Å². The first-order chi connectivity index (χ1) is 9.19. The van der Waals surface area contributed by atoms with Crippen molar-refractivity contribution in [1.29, 1.82) is 0 Å². The minimum absolute atomic E-state index is 0.121. The van der Waals surface area contributed by atoms with Gasteiger partial charge in [0.1, 0.15) is 5.82 Å². The van der Waals surface area contributed by atoms with Crippen LogP contribution in [0.4, 0.5) is 4.39 Å². The summed E-state index contributed by atoms with van der Waals surface area (Å²) in [6, 6.07) is 5.25. The van der Waals surface area contributed by atoms with Crippen molar-refractivity contribution in [3.8, 4) is 0 Å². The average molecular weight is 282 g/mol. The molecule has 0 saturated heterocycles. The highest BCUT2D eigenvalue weighted by Gasteiger charge is 2.19. The van der Waals surface area contributed by atoms with Crippen LogP contribution in [0.3, 0.4) is 0 Å². The zero-order valence-electron chi connectivity index (χ0n) is 12.4. The zero-order chi connectivity index (χ0) is 15.3. The van der Waals surface area contributed by atoms with Crippen molar-refractivity contribution in [1.82, 2.24) is 10.6 Å². The lowest BCUT2D eigenvalue weighted by Crippen LogP contribution is -2.50. The Hall–Kier alpha value is -1.46. The monoisotopic (exact) mass is 282 g/mol. The molecule has 0 aliphatic heterocycles. The summed E-state index contributed by atoms with van der Waals surface area (Å²) < 4.78 is 12.8. The van der Waals surface area contributed by atoms with Gasteiger partial charge >= 0.3 is 0 Å². The molecule has 1 aromatic carbocycles. The average Bonchev–Trinajstić information content (AvgIpc) is 2.34. The molecule has 1 aromatic rings. The Bertz CT molecular complexity index is 440. The van der Waals surface area contributed by atoms with Crippen LogP contribution in [0.2, 0.25) is 0 Å². The molecule has 1 amide bonds. The molecule has 0 aromatic heterocycles. The van der Waals surface area contributed by atoms with Gasteiger partial charge in [-0.3, -0.25) is 4.79 Å². The predicted octanol–water partition coefficient (Wildman–Crippen LogP) is 1.75. The number of carbonyl (C=O) groups is 1. The Kier molecular flexibility index (Phi) is 5.65. The Morgan fingerprint density at radius 3 is 2.35 bits per heavy atom. The lowest BCUT2D eigenvalue weighted by atomic mass is 10.1. The Morgan fingerprint density at radius 2 is 1.85 bits per heavy atom. The van der Waals surface area contributed by atoms with Gasteiger partial charge in [-0.25, -0.2) is 4.39 Å². The van der Waals surface area contributed by atoms with Crippen LogP contribution in [0.25, 0.3) is 0 Å². The van der Waals surface area contributed by atoms with Crippen LogP contribution in [0.5, 0.6) is 0 Å². The molecule has 0 heterocycles. The van der Waals surface area contributed by atoms with Crippen LogP contribution in [0, 0.1) is 5.82 Å². The fourth-order valence-electron chi connectivity index (χ4n) is 1.66. The van der Waals surface area contributed by atoms with Gasteiger partial charge in [-0.05, 0) is 45.4 Å². The molecule has 5 heteroatoms. The molecule has 0 bridgehead atoms. The number of nitrogens with one attached hydrogen (secondary N) is 2. The molecule has 1 rings (SSSR count). The van der Waals surface area contributed by atoms with Crippen LogP contribution in [-0.2, 0) is 4.79 Å². The smallest absolute Gasteiger partial charge is 0.237 e. The van der Waals surface area contributed by atoms with E-state index in [9.17, 15) is 14.3 Å². The Balaban J connectivity index is 2.46. The van der Waals surface area contributed by atoms with E-state index in [2.05, 4.69) is 10.6 Å². The summed E-state index contributed by atoms with van der Waals surface area (Å²) in [4.78, 5) is 11.8. The molecule has 20 heavy (non-hydrogen) atoms. The van der Waals surface area contributed by atoms with Gasteiger partial charge in [-0.1, -0.05) is 12.1 Å². The summed E-state index contributed by atoms with van der Waals surface area (Å²) in [5.41, 5.74) is 0.324.